The SMILES string of the molecule is COc1cccc(OCC(O)CNC(=O)c2ccc3nc(CO)[nH]c3c2)c1. The van der Waals surface area contributed by atoms with Gasteiger partial charge in [-0.1, -0.05) is 6.07 Å². The number of hydrogen-bond donors (Lipinski definition) is 4. The van der Waals surface area contributed by atoms with Crippen LogP contribution in [0.25, 0.3) is 11.0 Å². The molecule has 27 heavy (non-hydrogen) atoms. The molecule has 0 aliphatic rings. The summed E-state index contributed by atoms with van der Waals surface area (Å²) in [5, 5.41) is 21.8. The fraction of sp³-hybridized carbons (Fsp3) is 0.263. The highest BCUT2D eigenvalue weighted by Gasteiger charge is 2.12. The van der Waals surface area contributed by atoms with Gasteiger partial charge in [-0.25, -0.2) is 4.98 Å². The molecule has 0 saturated heterocycles. The van der Waals surface area contributed by atoms with Crippen LogP contribution in [-0.2, 0) is 6.61 Å². The Morgan fingerprint density at radius 3 is 2.85 bits per heavy atom. The number of nitrogens with one attached hydrogen (secondary N) is 2. The standard InChI is InChI=1S/C19H21N3O5/c1-26-14-3-2-4-15(8-14)27-11-13(24)9-20-19(25)12-5-6-16-17(7-12)22-18(10-23)21-16/h2-8,13,23-24H,9-11H2,1H3,(H,20,25)(H,21,22). The molecule has 4 N–H and O–H groups in total. The molecule has 0 aliphatic heterocycles. The monoisotopic (exact) mass is 371 g/mol. The fourth-order valence-electron chi connectivity index (χ4n) is 2.53. The van der Waals surface area contributed by atoms with Crippen LogP contribution in [-0.4, -0.2) is 52.5 Å². The van der Waals surface area contributed by atoms with Gasteiger partial charge in [-0.2, -0.15) is 0 Å². The van der Waals surface area contributed by atoms with Crippen LogP contribution < -0.4 is 14.8 Å². The molecule has 8 nitrogen and oxygen atoms in total. The normalized spacial score (nSPS) is 12.0. The van der Waals surface area contributed by atoms with Crippen molar-refractivity contribution in [3.63, 3.8) is 0 Å². The third-order valence-electron chi connectivity index (χ3n) is 3.92. The molecule has 3 rings (SSSR count). The topological polar surface area (TPSA) is 117 Å². The summed E-state index contributed by atoms with van der Waals surface area (Å²) in [5.74, 6) is 1.35. The number of fused-ring (bicyclic) bond motifs is 1. The fourth-order valence-corrected chi connectivity index (χ4v) is 2.53. The number of aliphatic hydroxyl groups is 2. The lowest BCUT2D eigenvalue weighted by Crippen LogP contribution is -2.35. The van der Waals surface area contributed by atoms with Gasteiger partial charge in [0.05, 0.1) is 18.1 Å². The summed E-state index contributed by atoms with van der Waals surface area (Å²) >= 11 is 0. The molecular weight excluding hydrogens is 350 g/mol. The Hall–Kier alpha value is -3.10. The Kier molecular flexibility index (Phi) is 5.90. The Bertz CT molecular complexity index is 925. The van der Waals surface area contributed by atoms with Gasteiger partial charge >= 0.3 is 0 Å². The van der Waals surface area contributed by atoms with Gasteiger partial charge in [-0.3, -0.25) is 4.79 Å². The zero-order valence-electron chi connectivity index (χ0n) is 14.8. The van der Waals surface area contributed by atoms with Crippen molar-refractivity contribution in [3.8, 4) is 11.5 Å². The van der Waals surface area contributed by atoms with Gasteiger partial charge in [0.25, 0.3) is 5.91 Å². The number of aliphatic hydroxyl groups excluding tert-OH is 2. The third kappa shape index (κ3) is 4.75. The molecule has 3 aromatic rings. The molecule has 8 heteroatoms. The number of benzene rings is 2. The van der Waals surface area contributed by atoms with Gasteiger partial charge < -0.3 is 30.0 Å². The highest BCUT2D eigenvalue weighted by molar-refractivity contribution is 5.97. The molecule has 1 heterocycles. The summed E-state index contributed by atoms with van der Waals surface area (Å²) in [4.78, 5) is 19.4. The van der Waals surface area contributed by atoms with E-state index in [0.29, 0.717) is 33.9 Å². The summed E-state index contributed by atoms with van der Waals surface area (Å²) in [5.41, 5.74) is 1.76. The van der Waals surface area contributed by atoms with E-state index in [2.05, 4.69) is 15.3 Å². The maximum absolute atomic E-state index is 12.3. The maximum Gasteiger partial charge on any atom is 0.251 e. The minimum absolute atomic E-state index is 0.0346. The van der Waals surface area contributed by atoms with E-state index in [1.165, 1.54) is 0 Å². The molecule has 0 fully saturated rings. The number of nitrogens with zero attached hydrogens (tertiary/aromatic N) is 1. The van der Waals surface area contributed by atoms with Crippen molar-refractivity contribution in [2.45, 2.75) is 12.7 Å². The number of imidazole rings is 1. The van der Waals surface area contributed by atoms with Crippen LogP contribution in [0.3, 0.4) is 0 Å². The van der Waals surface area contributed by atoms with Crippen LogP contribution in [0, 0.1) is 0 Å². The van der Waals surface area contributed by atoms with Crippen molar-refractivity contribution in [1.29, 1.82) is 0 Å². The minimum atomic E-state index is -0.864. The molecule has 2 aromatic carbocycles. The minimum Gasteiger partial charge on any atom is -0.497 e. The maximum atomic E-state index is 12.3. The number of carbonyl (C=O) groups excluding carboxylic acids is 1. The van der Waals surface area contributed by atoms with E-state index < -0.39 is 6.10 Å². The van der Waals surface area contributed by atoms with E-state index in [1.807, 2.05) is 0 Å². The first-order valence-corrected chi connectivity index (χ1v) is 8.41. The summed E-state index contributed by atoms with van der Waals surface area (Å²) in [7, 11) is 1.56. The second kappa shape index (κ2) is 8.52. The molecule has 1 amide bonds. The van der Waals surface area contributed by atoms with Crippen molar-refractivity contribution < 1.29 is 24.5 Å². The lowest BCUT2D eigenvalue weighted by atomic mass is 10.2. The van der Waals surface area contributed by atoms with Gasteiger partial charge in [0.1, 0.15) is 36.6 Å². The Labute approximate surface area is 155 Å². The second-order valence-corrected chi connectivity index (χ2v) is 5.93. The van der Waals surface area contributed by atoms with E-state index >= 15 is 0 Å². The van der Waals surface area contributed by atoms with E-state index in [9.17, 15) is 9.90 Å². The highest BCUT2D eigenvalue weighted by Crippen LogP contribution is 2.19. The molecule has 0 bridgehead atoms. The van der Waals surface area contributed by atoms with Crippen LogP contribution in [0.1, 0.15) is 16.2 Å². The zero-order chi connectivity index (χ0) is 19.2. The number of aromatic amines is 1. The number of hydrogen-bond acceptors (Lipinski definition) is 6. The smallest absolute Gasteiger partial charge is 0.251 e. The Morgan fingerprint density at radius 2 is 2.07 bits per heavy atom. The molecule has 0 spiro atoms. The second-order valence-electron chi connectivity index (χ2n) is 5.93. The lowest BCUT2D eigenvalue weighted by molar-refractivity contribution is 0.0843. The molecule has 0 saturated carbocycles. The van der Waals surface area contributed by atoms with Gasteiger partial charge in [-0.15, -0.1) is 0 Å². The predicted molar refractivity (Wildman–Crippen MR) is 98.8 cm³/mol. The highest BCUT2D eigenvalue weighted by atomic mass is 16.5. The number of ether oxygens (including phenoxy) is 2. The van der Waals surface area contributed by atoms with Crippen molar-refractivity contribution in [1.82, 2.24) is 15.3 Å². The van der Waals surface area contributed by atoms with Crippen molar-refractivity contribution in [2.75, 3.05) is 20.3 Å². The first kappa shape index (κ1) is 18.7. The molecule has 1 unspecified atom stereocenters. The summed E-state index contributed by atoms with van der Waals surface area (Å²) < 4.78 is 10.6. The number of carbonyl (C=O) groups is 1. The molecule has 1 atom stereocenters. The number of methoxy groups -OCH3 is 1. The largest absolute Gasteiger partial charge is 0.497 e. The van der Waals surface area contributed by atoms with Crippen LogP contribution in [0.5, 0.6) is 11.5 Å². The third-order valence-corrected chi connectivity index (χ3v) is 3.92. The van der Waals surface area contributed by atoms with Gasteiger partial charge in [0.15, 0.2) is 0 Å². The number of amides is 1. The van der Waals surface area contributed by atoms with Gasteiger partial charge in [-0.05, 0) is 30.3 Å². The van der Waals surface area contributed by atoms with Crippen molar-refractivity contribution in [3.05, 3.63) is 53.9 Å². The predicted octanol–water partition coefficient (Wildman–Crippen LogP) is 1.23. The number of aromatic nitrogens is 2. The van der Waals surface area contributed by atoms with Crippen molar-refractivity contribution in [2.24, 2.45) is 0 Å². The first-order chi connectivity index (χ1) is 13.1. The van der Waals surface area contributed by atoms with E-state index in [0.717, 1.165) is 0 Å². The zero-order valence-corrected chi connectivity index (χ0v) is 14.8. The summed E-state index contributed by atoms with van der Waals surface area (Å²) in [6.07, 6.45) is -0.864. The number of H-pyrrole nitrogens is 1. The molecule has 142 valence electrons. The van der Waals surface area contributed by atoms with Gasteiger partial charge in [0, 0.05) is 18.2 Å². The quantitative estimate of drug-likeness (QED) is 0.473. The van der Waals surface area contributed by atoms with E-state index in [1.54, 1.807) is 49.6 Å². The average Bonchev–Trinajstić information content (AvgIpc) is 3.13. The van der Waals surface area contributed by atoms with Crippen LogP contribution >= 0.6 is 0 Å². The van der Waals surface area contributed by atoms with E-state index in [4.69, 9.17) is 14.6 Å². The molecule has 0 radical (unpaired) electrons. The molecule has 1 aromatic heterocycles. The Balaban J connectivity index is 1.52. The first-order valence-electron chi connectivity index (χ1n) is 8.41. The van der Waals surface area contributed by atoms with Crippen LogP contribution in [0.15, 0.2) is 42.5 Å². The molecule has 0 aliphatic carbocycles. The average molecular weight is 371 g/mol. The van der Waals surface area contributed by atoms with Crippen LogP contribution in [0.2, 0.25) is 0 Å². The van der Waals surface area contributed by atoms with Gasteiger partial charge in [0.2, 0.25) is 0 Å². The lowest BCUT2D eigenvalue weighted by Gasteiger charge is -2.14. The van der Waals surface area contributed by atoms with Crippen molar-refractivity contribution >= 4 is 16.9 Å². The Morgan fingerprint density at radius 1 is 1.26 bits per heavy atom. The van der Waals surface area contributed by atoms with Crippen LogP contribution in [0.4, 0.5) is 0 Å². The van der Waals surface area contributed by atoms with E-state index in [-0.39, 0.29) is 25.7 Å². The molecular formula is C19H21N3O5. The number of rotatable bonds is 8. The summed E-state index contributed by atoms with van der Waals surface area (Å²) in [6.45, 7) is -0.117. The summed E-state index contributed by atoms with van der Waals surface area (Å²) in [6, 6.07) is 12.0.